The molecule has 0 bridgehead atoms. The van der Waals surface area contributed by atoms with E-state index in [1.165, 1.54) is 77.0 Å². The van der Waals surface area contributed by atoms with Crippen LogP contribution >= 0.6 is 0 Å². The van der Waals surface area contributed by atoms with Crippen molar-refractivity contribution >= 4 is 24.2 Å². The van der Waals surface area contributed by atoms with Gasteiger partial charge in [0.15, 0.2) is 0 Å². The minimum absolute atomic E-state index is 0.132. The van der Waals surface area contributed by atoms with Crippen molar-refractivity contribution in [3.05, 3.63) is 0 Å². The number of carbonyl (C=O) groups is 4. The molecule has 2 atom stereocenters. The van der Waals surface area contributed by atoms with Crippen LogP contribution in [0.2, 0.25) is 0 Å². The Morgan fingerprint density at radius 1 is 0.353 bits per heavy atom. The number of ether oxygens (including phenoxy) is 6. The molecule has 0 amide bonds. The van der Waals surface area contributed by atoms with Crippen LogP contribution in [-0.4, -0.2) is 112 Å². The fourth-order valence-electron chi connectivity index (χ4n) is 8.65. The van der Waals surface area contributed by atoms with Gasteiger partial charge in [-0.05, 0) is 102 Å². The van der Waals surface area contributed by atoms with Gasteiger partial charge in [0.05, 0.1) is 13.2 Å². The van der Waals surface area contributed by atoms with E-state index in [9.17, 15) is 19.2 Å². The largest absolute Gasteiger partial charge is 0.508 e. The van der Waals surface area contributed by atoms with Crippen LogP contribution in [-0.2, 0) is 38.0 Å². The van der Waals surface area contributed by atoms with Gasteiger partial charge in [-0.3, -0.25) is 14.5 Å². The standard InChI is InChI=1S/C56H108N2O10/c1-9-17-23-31-49(32-24-18-10-2)47-65-53(59)39-29-37-51(35-27-21-13-5)67-55(61)63-45-43-58(42-41-57(15-7)16-8)44-46-64-56(62)68-52(36-28-22-14-6)38-30-40-54(60)66-48-50(33-25-19-11-3)34-26-20-12-4/h49-52H,9-48H2,1-8H3. The Morgan fingerprint density at radius 2 is 0.662 bits per heavy atom. The maximum absolute atomic E-state index is 13.0. The van der Waals surface area contributed by atoms with Crippen molar-refractivity contribution in [1.29, 1.82) is 0 Å². The van der Waals surface area contributed by atoms with E-state index in [4.69, 9.17) is 28.4 Å². The zero-order valence-corrected chi connectivity index (χ0v) is 45.6. The Hall–Kier alpha value is -2.60. The van der Waals surface area contributed by atoms with Crippen LogP contribution in [0.3, 0.4) is 0 Å². The molecule has 12 heteroatoms. The van der Waals surface area contributed by atoms with Gasteiger partial charge in [0.2, 0.25) is 0 Å². The third-order valence-electron chi connectivity index (χ3n) is 13.3. The van der Waals surface area contributed by atoms with E-state index < -0.39 is 12.3 Å². The molecule has 402 valence electrons. The number of esters is 2. The smallest absolute Gasteiger partial charge is 0.465 e. The topological polar surface area (TPSA) is 130 Å². The van der Waals surface area contributed by atoms with Gasteiger partial charge in [-0.1, -0.05) is 158 Å². The first-order chi connectivity index (χ1) is 33.1. The minimum Gasteiger partial charge on any atom is -0.465 e. The molecular formula is C56H108N2O10. The van der Waals surface area contributed by atoms with Crippen LogP contribution in [0.4, 0.5) is 9.59 Å². The van der Waals surface area contributed by atoms with Crippen LogP contribution in [0.15, 0.2) is 0 Å². The molecule has 0 rings (SSSR count). The fourth-order valence-corrected chi connectivity index (χ4v) is 8.65. The normalized spacial score (nSPS) is 12.5. The fraction of sp³-hybridized carbons (Fsp3) is 0.929. The van der Waals surface area contributed by atoms with Gasteiger partial charge in [-0.15, -0.1) is 0 Å². The summed E-state index contributed by atoms with van der Waals surface area (Å²) in [6, 6.07) is 0. The maximum atomic E-state index is 13.0. The van der Waals surface area contributed by atoms with Crippen LogP contribution in [0.5, 0.6) is 0 Å². The third kappa shape index (κ3) is 40.2. The Labute approximate surface area is 418 Å². The zero-order valence-electron chi connectivity index (χ0n) is 45.6. The van der Waals surface area contributed by atoms with Gasteiger partial charge in [0.1, 0.15) is 25.4 Å². The Morgan fingerprint density at radius 3 is 0.985 bits per heavy atom. The van der Waals surface area contributed by atoms with Gasteiger partial charge in [-0.25, -0.2) is 9.59 Å². The van der Waals surface area contributed by atoms with E-state index in [1.54, 1.807) is 0 Å². The van der Waals surface area contributed by atoms with Crippen LogP contribution in [0.25, 0.3) is 0 Å². The third-order valence-corrected chi connectivity index (χ3v) is 13.3. The summed E-state index contributed by atoms with van der Waals surface area (Å²) in [6.45, 7) is 22.9. The van der Waals surface area contributed by atoms with Crippen molar-refractivity contribution in [2.24, 2.45) is 11.8 Å². The van der Waals surface area contributed by atoms with E-state index in [0.29, 0.717) is 83.2 Å². The average molecular weight is 969 g/mol. The molecular weight excluding hydrogens is 861 g/mol. The monoisotopic (exact) mass is 969 g/mol. The van der Waals surface area contributed by atoms with Crippen molar-refractivity contribution in [1.82, 2.24) is 9.80 Å². The number of nitrogens with zero attached hydrogens (tertiary/aromatic N) is 2. The lowest BCUT2D eigenvalue weighted by atomic mass is 9.96. The highest BCUT2D eigenvalue weighted by Crippen LogP contribution is 2.22. The molecule has 68 heavy (non-hydrogen) atoms. The number of likely N-dealkylation sites (N-methyl/N-ethyl adjacent to an activating group) is 1. The molecule has 0 aliphatic rings. The molecule has 0 aliphatic carbocycles. The van der Waals surface area contributed by atoms with Gasteiger partial charge in [0, 0.05) is 39.0 Å². The summed E-state index contributed by atoms with van der Waals surface area (Å²) in [5, 5.41) is 0. The number of unbranched alkanes of at least 4 members (excludes halogenated alkanes) is 12. The molecule has 0 aromatic carbocycles. The van der Waals surface area contributed by atoms with Crippen molar-refractivity contribution < 1.29 is 47.6 Å². The molecule has 0 aliphatic heterocycles. The van der Waals surface area contributed by atoms with Crippen molar-refractivity contribution in [3.63, 3.8) is 0 Å². The Bertz CT molecular complexity index is 1070. The highest BCUT2D eigenvalue weighted by atomic mass is 16.7. The number of hydrogen-bond donors (Lipinski definition) is 0. The highest BCUT2D eigenvalue weighted by Gasteiger charge is 2.21. The second-order valence-electron chi connectivity index (χ2n) is 19.4. The van der Waals surface area contributed by atoms with Crippen LogP contribution in [0.1, 0.15) is 248 Å². The molecule has 0 fully saturated rings. The van der Waals surface area contributed by atoms with E-state index in [-0.39, 0.29) is 37.4 Å². The molecule has 0 saturated heterocycles. The molecule has 0 aromatic rings. The molecule has 0 radical (unpaired) electrons. The summed E-state index contributed by atoms with van der Waals surface area (Å²) in [5.74, 6) is 0.508. The predicted molar refractivity (Wildman–Crippen MR) is 278 cm³/mol. The predicted octanol–water partition coefficient (Wildman–Crippen LogP) is 14.8. The molecule has 0 N–H and O–H groups in total. The van der Waals surface area contributed by atoms with Crippen molar-refractivity contribution in [3.8, 4) is 0 Å². The van der Waals surface area contributed by atoms with Crippen molar-refractivity contribution in [2.45, 2.75) is 260 Å². The molecule has 2 unspecified atom stereocenters. The summed E-state index contributed by atoms with van der Waals surface area (Å²) >= 11 is 0. The van der Waals surface area contributed by atoms with Crippen molar-refractivity contribution in [2.75, 3.05) is 65.7 Å². The lowest BCUT2D eigenvalue weighted by Gasteiger charge is -2.26. The average Bonchev–Trinajstić information content (AvgIpc) is 3.32. The molecule has 12 nitrogen and oxygen atoms in total. The van der Waals surface area contributed by atoms with Gasteiger partial charge in [0.25, 0.3) is 0 Å². The Balaban J connectivity index is 5.16. The van der Waals surface area contributed by atoms with Gasteiger partial charge < -0.3 is 33.3 Å². The minimum atomic E-state index is -0.698. The summed E-state index contributed by atoms with van der Waals surface area (Å²) in [5.41, 5.74) is 0. The summed E-state index contributed by atoms with van der Waals surface area (Å²) in [7, 11) is 0. The van der Waals surface area contributed by atoms with E-state index >= 15 is 0 Å². The molecule has 0 spiro atoms. The quantitative estimate of drug-likeness (QED) is 0.0327. The lowest BCUT2D eigenvalue weighted by Crippen LogP contribution is -2.39. The number of rotatable bonds is 49. The zero-order chi connectivity index (χ0) is 50.3. The summed E-state index contributed by atoms with van der Waals surface area (Å²) < 4.78 is 34.4. The SMILES string of the molecule is CCCCCC(CCCCC)COC(=O)CCCC(CCCCC)OC(=O)OCCN(CCOC(=O)OC(CCCCC)CCCC(=O)OCC(CCCCC)CCCCC)CCN(CC)CC. The van der Waals surface area contributed by atoms with Crippen LogP contribution < -0.4 is 0 Å². The van der Waals surface area contributed by atoms with E-state index in [0.717, 1.165) is 96.7 Å². The van der Waals surface area contributed by atoms with Gasteiger partial charge >= 0.3 is 24.2 Å². The molecule has 0 aromatic heterocycles. The second-order valence-corrected chi connectivity index (χ2v) is 19.4. The van der Waals surface area contributed by atoms with Gasteiger partial charge in [-0.2, -0.15) is 0 Å². The highest BCUT2D eigenvalue weighted by molar-refractivity contribution is 5.69. The number of carbonyl (C=O) groups excluding carboxylic acids is 4. The first-order valence-electron chi connectivity index (χ1n) is 28.5. The summed E-state index contributed by atoms with van der Waals surface area (Å²) in [6.07, 6.45) is 27.2. The lowest BCUT2D eigenvalue weighted by molar-refractivity contribution is -0.146. The second kappa shape index (κ2) is 48.0. The molecule has 0 heterocycles. The Kier molecular flexibility index (Phi) is 46.2. The van der Waals surface area contributed by atoms with E-state index in [2.05, 4.69) is 65.2 Å². The maximum Gasteiger partial charge on any atom is 0.508 e. The summed E-state index contributed by atoms with van der Waals surface area (Å²) in [4.78, 5) is 56.0. The first kappa shape index (κ1) is 65.4. The number of hydrogen-bond acceptors (Lipinski definition) is 12. The first-order valence-corrected chi connectivity index (χ1v) is 28.5. The molecule has 0 saturated carbocycles. The van der Waals surface area contributed by atoms with E-state index in [1.807, 2.05) is 0 Å². The van der Waals surface area contributed by atoms with Crippen LogP contribution in [0, 0.1) is 11.8 Å².